The Labute approximate surface area is 165 Å². The summed E-state index contributed by atoms with van der Waals surface area (Å²) in [5.41, 5.74) is 0.548. The highest BCUT2D eigenvalue weighted by Gasteiger charge is 2.23. The van der Waals surface area contributed by atoms with Gasteiger partial charge >= 0.3 is 5.97 Å². The van der Waals surface area contributed by atoms with Gasteiger partial charge in [0.15, 0.2) is 21.4 Å². The molecule has 0 saturated heterocycles. The minimum atomic E-state index is -3.68. The Morgan fingerprint density at radius 2 is 1.93 bits per heavy atom. The van der Waals surface area contributed by atoms with Gasteiger partial charge in [-0.15, -0.1) is 5.10 Å². The Morgan fingerprint density at radius 1 is 1.21 bits per heavy atom. The van der Waals surface area contributed by atoms with Crippen LogP contribution in [-0.2, 0) is 16.4 Å². The lowest BCUT2D eigenvalue weighted by atomic mass is 10.2. The maximum Gasteiger partial charge on any atom is 0.337 e. The molecule has 0 atom stereocenters. The number of carboxylic acid groups (broad SMARTS) is 1. The zero-order chi connectivity index (χ0) is 20.3. The van der Waals surface area contributed by atoms with Crippen molar-refractivity contribution in [2.45, 2.75) is 11.4 Å². The highest BCUT2D eigenvalue weighted by atomic mass is 35.5. The Morgan fingerprint density at radius 3 is 2.57 bits per heavy atom. The number of aromatic nitrogens is 4. The number of nitrogens with zero attached hydrogens (tertiary/aromatic N) is 4. The molecule has 0 amide bonds. The van der Waals surface area contributed by atoms with Crippen LogP contribution in [0.5, 0.6) is 5.75 Å². The molecule has 1 N–H and O–H groups in total. The number of sulfone groups is 1. The smallest absolute Gasteiger partial charge is 0.337 e. The van der Waals surface area contributed by atoms with E-state index >= 15 is 0 Å². The first kappa shape index (κ1) is 19.8. The molecule has 11 heteroatoms. The van der Waals surface area contributed by atoms with Crippen molar-refractivity contribution in [3.05, 3.63) is 53.1 Å². The highest BCUT2D eigenvalue weighted by molar-refractivity contribution is 7.90. The summed E-state index contributed by atoms with van der Waals surface area (Å²) in [7, 11) is -3.68. The predicted octanol–water partition coefficient (Wildman–Crippen LogP) is 2.17. The third kappa shape index (κ3) is 4.12. The van der Waals surface area contributed by atoms with Crippen molar-refractivity contribution in [3.63, 3.8) is 0 Å². The predicted molar refractivity (Wildman–Crippen MR) is 100 cm³/mol. The van der Waals surface area contributed by atoms with E-state index in [9.17, 15) is 18.3 Å². The van der Waals surface area contributed by atoms with E-state index in [0.717, 1.165) is 24.0 Å². The molecule has 0 aliphatic heterocycles. The Kier molecular flexibility index (Phi) is 5.61. The molecule has 0 bridgehead atoms. The van der Waals surface area contributed by atoms with Crippen molar-refractivity contribution in [1.29, 1.82) is 0 Å². The minimum absolute atomic E-state index is 0.0316. The topological polar surface area (TPSA) is 124 Å². The maximum atomic E-state index is 12.0. The normalized spacial score (nSPS) is 11.4. The minimum Gasteiger partial charge on any atom is -0.489 e. The van der Waals surface area contributed by atoms with E-state index in [4.69, 9.17) is 16.3 Å². The number of hydrogen-bond acceptors (Lipinski definition) is 7. The Bertz CT molecular complexity index is 1120. The molecule has 0 fully saturated rings. The lowest BCUT2D eigenvalue weighted by molar-refractivity contribution is 0.0696. The third-order valence-corrected chi connectivity index (χ3v) is 5.30. The second kappa shape index (κ2) is 7.95. The van der Waals surface area contributed by atoms with Gasteiger partial charge in [0.25, 0.3) is 0 Å². The van der Waals surface area contributed by atoms with Crippen molar-refractivity contribution < 1.29 is 23.1 Å². The van der Waals surface area contributed by atoms with Crippen LogP contribution in [0, 0.1) is 0 Å². The molecule has 9 nitrogen and oxygen atoms in total. The molecular weight excluding hydrogens is 408 g/mol. The second-order valence-electron chi connectivity index (χ2n) is 5.77. The van der Waals surface area contributed by atoms with Crippen molar-refractivity contribution >= 4 is 27.4 Å². The number of benzene rings is 2. The number of aromatic carboxylic acids is 1. The molecule has 0 aliphatic rings. The van der Waals surface area contributed by atoms with Crippen molar-refractivity contribution in [3.8, 4) is 17.1 Å². The summed E-state index contributed by atoms with van der Waals surface area (Å²) in [5, 5.41) is 20.4. The van der Waals surface area contributed by atoms with Crippen LogP contribution in [0.1, 0.15) is 10.4 Å². The van der Waals surface area contributed by atoms with Crippen molar-refractivity contribution in [1.82, 2.24) is 20.2 Å². The van der Waals surface area contributed by atoms with Crippen LogP contribution in [0.4, 0.5) is 0 Å². The molecule has 28 heavy (non-hydrogen) atoms. The molecular formula is C17H15ClN4O5S. The van der Waals surface area contributed by atoms with Gasteiger partial charge in [-0.2, -0.15) is 0 Å². The lowest BCUT2D eigenvalue weighted by Crippen LogP contribution is -2.13. The molecule has 0 unspecified atom stereocenters. The summed E-state index contributed by atoms with van der Waals surface area (Å²) >= 11 is 6.09. The summed E-state index contributed by atoms with van der Waals surface area (Å²) in [5.74, 6) is -0.988. The lowest BCUT2D eigenvalue weighted by Gasteiger charge is -2.14. The molecule has 2 aromatic carbocycles. The van der Waals surface area contributed by atoms with Crippen molar-refractivity contribution in [2.75, 3.05) is 12.9 Å². The second-order valence-corrected chi connectivity index (χ2v) is 8.13. The summed E-state index contributed by atoms with van der Waals surface area (Å²) in [6, 6.07) is 11.5. The molecule has 0 saturated carbocycles. The largest absolute Gasteiger partial charge is 0.489 e. The average molecular weight is 423 g/mol. The van der Waals surface area contributed by atoms with Crippen LogP contribution < -0.4 is 4.74 Å². The van der Waals surface area contributed by atoms with Gasteiger partial charge in [-0.3, -0.25) is 0 Å². The molecule has 3 aromatic rings. The summed E-state index contributed by atoms with van der Waals surface area (Å²) in [6.45, 7) is 0.157. The number of carboxylic acids is 1. The quantitative estimate of drug-likeness (QED) is 0.614. The first-order chi connectivity index (χ1) is 13.3. The van der Waals surface area contributed by atoms with E-state index in [2.05, 4.69) is 15.5 Å². The van der Waals surface area contributed by atoms with Gasteiger partial charge in [0.1, 0.15) is 11.5 Å². The van der Waals surface area contributed by atoms with Crippen LogP contribution >= 0.6 is 11.6 Å². The molecule has 1 heterocycles. The standard InChI is InChI=1S/C17H15ClN4O5S/c1-28(25,26)13-8-7-12(17(23)24)14(18)15(13)27-10-9-22-16(19-20-21-22)11-5-3-2-4-6-11/h2-8H,9-10H2,1H3,(H,23,24). The van der Waals surface area contributed by atoms with Gasteiger partial charge in [-0.05, 0) is 22.6 Å². The van der Waals surface area contributed by atoms with Gasteiger partial charge in [0.05, 0.1) is 17.1 Å². The molecule has 0 radical (unpaired) electrons. The van der Waals surface area contributed by atoms with Gasteiger partial charge in [-0.1, -0.05) is 41.9 Å². The van der Waals surface area contributed by atoms with E-state index in [-0.39, 0.29) is 34.4 Å². The average Bonchev–Trinajstić information content (AvgIpc) is 3.11. The summed E-state index contributed by atoms with van der Waals surface area (Å²) < 4.78 is 31.0. The zero-order valence-electron chi connectivity index (χ0n) is 14.6. The fourth-order valence-electron chi connectivity index (χ4n) is 2.51. The molecule has 146 valence electrons. The van der Waals surface area contributed by atoms with Gasteiger partial charge in [-0.25, -0.2) is 17.9 Å². The number of rotatable bonds is 7. The SMILES string of the molecule is CS(=O)(=O)c1ccc(C(=O)O)c(Cl)c1OCCn1nnnc1-c1ccccc1. The molecule has 1 aromatic heterocycles. The first-order valence-electron chi connectivity index (χ1n) is 7.99. The maximum absolute atomic E-state index is 12.0. The summed E-state index contributed by atoms with van der Waals surface area (Å²) in [6.07, 6.45) is 0.987. The van der Waals surface area contributed by atoms with Crippen LogP contribution in [0.3, 0.4) is 0 Å². The fraction of sp³-hybridized carbons (Fsp3) is 0.176. The monoisotopic (exact) mass is 422 g/mol. The molecule has 0 spiro atoms. The number of tetrazole rings is 1. The van der Waals surface area contributed by atoms with Gasteiger partial charge < -0.3 is 9.84 Å². The zero-order valence-corrected chi connectivity index (χ0v) is 16.2. The van der Waals surface area contributed by atoms with E-state index in [1.54, 1.807) is 0 Å². The van der Waals surface area contributed by atoms with Crippen LogP contribution in [0.25, 0.3) is 11.4 Å². The van der Waals surface area contributed by atoms with Gasteiger partial charge in [0, 0.05) is 11.8 Å². The Hall–Kier alpha value is -2.98. The van der Waals surface area contributed by atoms with E-state index in [0.29, 0.717) is 5.82 Å². The number of halogens is 1. The fourth-order valence-corrected chi connectivity index (χ4v) is 3.68. The van der Waals surface area contributed by atoms with E-state index < -0.39 is 15.8 Å². The van der Waals surface area contributed by atoms with E-state index in [1.165, 1.54) is 4.68 Å². The first-order valence-corrected chi connectivity index (χ1v) is 10.3. The number of ether oxygens (including phenoxy) is 1. The highest BCUT2D eigenvalue weighted by Crippen LogP contribution is 2.35. The number of carbonyl (C=O) groups is 1. The van der Waals surface area contributed by atoms with Crippen LogP contribution in [-0.4, -0.2) is 52.6 Å². The van der Waals surface area contributed by atoms with Gasteiger partial charge in [0.2, 0.25) is 0 Å². The third-order valence-electron chi connectivity index (χ3n) is 3.80. The Balaban J connectivity index is 1.85. The van der Waals surface area contributed by atoms with Crippen molar-refractivity contribution in [2.24, 2.45) is 0 Å². The van der Waals surface area contributed by atoms with Crippen LogP contribution in [0.15, 0.2) is 47.4 Å². The van der Waals surface area contributed by atoms with E-state index in [1.807, 2.05) is 30.3 Å². The molecule has 0 aliphatic carbocycles. The summed E-state index contributed by atoms with van der Waals surface area (Å²) in [4.78, 5) is 11.1. The number of hydrogen-bond donors (Lipinski definition) is 1. The molecule has 3 rings (SSSR count). The van der Waals surface area contributed by atoms with Crippen LogP contribution in [0.2, 0.25) is 5.02 Å².